The second-order valence-electron chi connectivity index (χ2n) is 8.18. The van der Waals surface area contributed by atoms with Gasteiger partial charge < -0.3 is 57.5 Å². The van der Waals surface area contributed by atoms with Crippen LogP contribution < -0.4 is 38.3 Å². The van der Waals surface area contributed by atoms with E-state index < -0.39 is 17.9 Å². The lowest BCUT2D eigenvalue weighted by atomic mass is 10.1. The summed E-state index contributed by atoms with van der Waals surface area (Å²) in [6.45, 7) is 6.25. The van der Waals surface area contributed by atoms with Crippen molar-refractivity contribution in [2.24, 2.45) is 27.9 Å². The standard InChI is InChI=1S/C18H41N7.3C2H4O2/c19-13-9-5-1-3-7-11-15-25(18(22)23)16-12-8-4-2-6-10-14-24-17(20)21;3*1-2(3)4/h1-16,19H2,(H3,22,23)(H4,20,21,24);3*1H3,(H,3,4)/p-3. The normalized spacial score (nSPS) is 9.19. The van der Waals surface area contributed by atoms with Crippen molar-refractivity contribution < 1.29 is 29.7 Å². The summed E-state index contributed by atoms with van der Waals surface area (Å²) in [4.78, 5) is 32.7. The molecule has 0 atom stereocenters. The van der Waals surface area contributed by atoms with E-state index in [1.165, 1.54) is 44.9 Å². The second-order valence-corrected chi connectivity index (χ2v) is 8.18. The number of aliphatic carboxylic acids is 3. The minimum absolute atomic E-state index is 0.180. The third-order valence-electron chi connectivity index (χ3n) is 4.35. The lowest BCUT2D eigenvalue weighted by Crippen LogP contribution is -2.37. The average molecular weight is 533 g/mol. The number of carboxylic acids is 3. The summed E-state index contributed by atoms with van der Waals surface area (Å²) >= 11 is 0. The molecule has 9 N–H and O–H groups in total. The molecule has 220 valence electrons. The molecule has 0 amide bonds. The summed E-state index contributed by atoms with van der Waals surface area (Å²) in [6.07, 6.45) is 14.1. The average Bonchev–Trinajstić information content (AvgIpc) is 2.74. The molecule has 0 aromatic rings. The van der Waals surface area contributed by atoms with E-state index >= 15 is 0 Å². The van der Waals surface area contributed by atoms with Crippen LogP contribution in [-0.2, 0) is 14.4 Å². The van der Waals surface area contributed by atoms with E-state index in [0.29, 0.717) is 0 Å². The Balaban J connectivity index is -0.000000375. The smallest absolute Gasteiger partial charge is 0.188 e. The third-order valence-corrected chi connectivity index (χ3v) is 4.35. The number of unbranched alkanes of at least 4 members (excludes halogenated alkanes) is 10. The minimum Gasteiger partial charge on any atom is -0.550 e. The molecule has 13 heteroatoms. The molecule has 0 saturated carbocycles. The Bertz CT molecular complexity index is 560. The molecule has 0 fully saturated rings. The van der Waals surface area contributed by atoms with Gasteiger partial charge in [0.2, 0.25) is 0 Å². The van der Waals surface area contributed by atoms with Gasteiger partial charge in [0, 0.05) is 37.5 Å². The summed E-state index contributed by atoms with van der Waals surface area (Å²) in [6, 6.07) is 0. The summed E-state index contributed by atoms with van der Waals surface area (Å²) in [5.41, 5.74) is 21.8. The van der Waals surface area contributed by atoms with Gasteiger partial charge in [0.05, 0.1) is 0 Å². The number of carboxylic acid groups (broad SMARTS) is 3. The fourth-order valence-corrected chi connectivity index (χ4v) is 2.84. The van der Waals surface area contributed by atoms with E-state index in [2.05, 4.69) is 4.99 Å². The number of hydrogen-bond acceptors (Lipinski definition) is 9. The zero-order valence-corrected chi connectivity index (χ0v) is 23.0. The predicted molar refractivity (Wildman–Crippen MR) is 141 cm³/mol. The molecule has 0 unspecified atom stereocenters. The van der Waals surface area contributed by atoms with Crippen LogP contribution in [0.2, 0.25) is 0 Å². The molecular formula is C24H50N7O6-3. The zero-order valence-electron chi connectivity index (χ0n) is 23.0. The van der Waals surface area contributed by atoms with Gasteiger partial charge in [-0.3, -0.25) is 10.4 Å². The van der Waals surface area contributed by atoms with Gasteiger partial charge in [0.1, 0.15) is 0 Å². The Kier molecular flexibility index (Phi) is 36.5. The van der Waals surface area contributed by atoms with Crippen LogP contribution in [0, 0.1) is 5.41 Å². The molecule has 0 heterocycles. The van der Waals surface area contributed by atoms with Gasteiger partial charge in [0.25, 0.3) is 0 Å². The number of guanidine groups is 2. The molecule has 0 spiro atoms. The van der Waals surface area contributed by atoms with Crippen LogP contribution in [0.4, 0.5) is 0 Å². The highest BCUT2D eigenvalue weighted by molar-refractivity contribution is 5.75. The van der Waals surface area contributed by atoms with Crippen molar-refractivity contribution in [3.8, 4) is 0 Å². The first kappa shape index (κ1) is 41.1. The summed E-state index contributed by atoms with van der Waals surface area (Å²) < 4.78 is 0. The van der Waals surface area contributed by atoms with Crippen LogP contribution >= 0.6 is 0 Å². The molecule has 0 aliphatic rings. The highest BCUT2D eigenvalue weighted by atomic mass is 16.4. The summed E-state index contributed by atoms with van der Waals surface area (Å²) in [7, 11) is 0. The van der Waals surface area contributed by atoms with Gasteiger partial charge >= 0.3 is 0 Å². The Labute approximate surface area is 222 Å². The molecular weight excluding hydrogens is 482 g/mol. The number of carbonyl (C=O) groups is 3. The zero-order chi connectivity index (χ0) is 29.5. The number of carbonyl (C=O) groups excluding carboxylic acids is 3. The molecule has 13 nitrogen and oxygen atoms in total. The van der Waals surface area contributed by atoms with Crippen molar-refractivity contribution in [1.29, 1.82) is 5.41 Å². The molecule has 0 bridgehead atoms. The quantitative estimate of drug-likeness (QED) is 0.0805. The number of nitrogens with zero attached hydrogens (tertiary/aromatic N) is 2. The molecule has 0 radical (unpaired) electrons. The van der Waals surface area contributed by atoms with Gasteiger partial charge in [0.15, 0.2) is 11.9 Å². The van der Waals surface area contributed by atoms with Crippen LogP contribution in [0.25, 0.3) is 0 Å². The summed E-state index contributed by atoms with van der Waals surface area (Å²) in [5.74, 6) is -2.86. The summed E-state index contributed by atoms with van der Waals surface area (Å²) in [5, 5.41) is 34.4. The Hall–Kier alpha value is -3.09. The molecule has 0 rings (SSSR count). The van der Waals surface area contributed by atoms with Crippen molar-refractivity contribution in [2.45, 2.75) is 97.8 Å². The second kappa shape index (κ2) is 32.9. The van der Waals surface area contributed by atoms with Crippen LogP contribution in [0.5, 0.6) is 0 Å². The maximum atomic E-state index is 8.89. The Morgan fingerprint density at radius 1 is 0.649 bits per heavy atom. The third kappa shape index (κ3) is 65.5. The van der Waals surface area contributed by atoms with E-state index in [0.717, 1.165) is 79.1 Å². The molecule has 0 saturated heterocycles. The van der Waals surface area contributed by atoms with Crippen molar-refractivity contribution in [3.05, 3.63) is 0 Å². The Morgan fingerprint density at radius 3 is 1.24 bits per heavy atom. The van der Waals surface area contributed by atoms with Crippen molar-refractivity contribution >= 4 is 29.8 Å². The minimum atomic E-state index is -1.08. The van der Waals surface area contributed by atoms with Crippen LogP contribution in [0.3, 0.4) is 0 Å². The van der Waals surface area contributed by atoms with Crippen LogP contribution in [-0.4, -0.2) is 60.9 Å². The number of nitrogens with two attached hydrogens (primary N) is 4. The van der Waals surface area contributed by atoms with E-state index in [4.69, 9.17) is 58.0 Å². The topological polar surface area (TPSA) is 264 Å². The number of aliphatic imine (C=N–C) groups is 1. The Morgan fingerprint density at radius 2 is 0.946 bits per heavy atom. The number of rotatable bonds is 17. The first-order chi connectivity index (χ1) is 17.3. The first-order valence-corrected chi connectivity index (χ1v) is 12.6. The maximum Gasteiger partial charge on any atom is 0.188 e. The molecule has 0 aliphatic heterocycles. The predicted octanol–water partition coefficient (Wildman–Crippen LogP) is -1.64. The van der Waals surface area contributed by atoms with E-state index in [1.54, 1.807) is 0 Å². The fraction of sp³-hybridized carbons (Fsp3) is 0.792. The fourth-order valence-electron chi connectivity index (χ4n) is 2.84. The van der Waals surface area contributed by atoms with Gasteiger partial charge in [-0.15, -0.1) is 0 Å². The van der Waals surface area contributed by atoms with E-state index in [1.807, 2.05) is 4.90 Å². The van der Waals surface area contributed by atoms with Gasteiger partial charge in [-0.05, 0) is 53.0 Å². The highest BCUT2D eigenvalue weighted by Gasteiger charge is 2.05. The number of nitrogens with one attached hydrogen (secondary N) is 1. The molecule has 0 aromatic carbocycles. The largest absolute Gasteiger partial charge is 0.550 e. The van der Waals surface area contributed by atoms with Crippen molar-refractivity contribution in [2.75, 3.05) is 26.2 Å². The maximum absolute atomic E-state index is 8.89. The van der Waals surface area contributed by atoms with Gasteiger partial charge in [-0.25, -0.2) is 0 Å². The van der Waals surface area contributed by atoms with E-state index in [9.17, 15) is 0 Å². The van der Waals surface area contributed by atoms with Crippen LogP contribution in [0.1, 0.15) is 97.8 Å². The van der Waals surface area contributed by atoms with E-state index in [-0.39, 0.29) is 11.9 Å². The monoisotopic (exact) mass is 532 g/mol. The lowest BCUT2D eigenvalue weighted by molar-refractivity contribution is -0.303. The first-order valence-electron chi connectivity index (χ1n) is 12.6. The van der Waals surface area contributed by atoms with Crippen molar-refractivity contribution in [1.82, 2.24) is 4.90 Å². The van der Waals surface area contributed by atoms with Crippen molar-refractivity contribution in [3.63, 3.8) is 0 Å². The molecule has 37 heavy (non-hydrogen) atoms. The van der Waals surface area contributed by atoms with Gasteiger partial charge in [-0.1, -0.05) is 51.4 Å². The molecule has 0 aromatic heterocycles. The van der Waals surface area contributed by atoms with Crippen LogP contribution in [0.15, 0.2) is 4.99 Å². The lowest BCUT2D eigenvalue weighted by Gasteiger charge is -2.22. The SMILES string of the molecule is CC(=O)[O-].CC(=O)[O-].CC(=O)[O-].N=C(N)N(CCCCCCCCN)CCCCCCCCN=C(N)N. The highest BCUT2D eigenvalue weighted by Crippen LogP contribution is 2.09. The molecule has 0 aliphatic carbocycles. The number of hydrogen-bond donors (Lipinski definition) is 5. The van der Waals surface area contributed by atoms with Gasteiger partial charge in [-0.2, -0.15) is 0 Å².